The molecule has 1 amide bonds. The number of methoxy groups -OCH3 is 1. The molecule has 0 spiro atoms. The van der Waals surface area contributed by atoms with Gasteiger partial charge in [0.1, 0.15) is 0 Å². The molecule has 0 fully saturated rings. The number of carbonyl (C=O) groups is 1. The molecule has 1 aromatic rings. The molecule has 0 aromatic heterocycles. The van der Waals surface area contributed by atoms with Crippen molar-refractivity contribution in [2.45, 2.75) is 25.8 Å². The molecule has 5 nitrogen and oxygen atoms in total. The van der Waals surface area contributed by atoms with E-state index in [0.717, 1.165) is 11.3 Å². The Hall–Kier alpha value is -1.43. The lowest BCUT2D eigenvalue weighted by atomic mass is 9.99. The fourth-order valence-corrected chi connectivity index (χ4v) is 1.91. The molecular weight excluding hydrogens is 256 g/mol. The van der Waals surface area contributed by atoms with Gasteiger partial charge in [-0.2, -0.15) is 0 Å². The highest BCUT2D eigenvalue weighted by atomic mass is 16.5. The Morgan fingerprint density at radius 3 is 2.55 bits per heavy atom. The average molecular weight is 280 g/mol. The molecule has 0 aliphatic heterocycles. The summed E-state index contributed by atoms with van der Waals surface area (Å²) in [7, 11) is 1.60. The van der Waals surface area contributed by atoms with Crippen LogP contribution in [0, 0.1) is 6.92 Å². The van der Waals surface area contributed by atoms with Crippen LogP contribution in [0.3, 0.4) is 0 Å². The topological polar surface area (TPSA) is 70.6 Å². The minimum absolute atomic E-state index is 0.0481. The van der Waals surface area contributed by atoms with Crippen LogP contribution in [0.4, 0.5) is 5.69 Å². The maximum absolute atomic E-state index is 11.9. The number of ether oxygens (including phenoxy) is 1. The molecule has 0 aliphatic rings. The molecule has 0 aliphatic carbocycles. The maximum atomic E-state index is 11.9. The molecule has 0 saturated carbocycles. The third kappa shape index (κ3) is 5.69. The van der Waals surface area contributed by atoms with Gasteiger partial charge in [0.15, 0.2) is 0 Å². The van der Waals surface area contributed by atoms with E-state index in [1.807, 2.05) is 38.1 Å². The SMILES string of the molecule is COCC(C)(CCO)NCC(=O)Nc1ccc(C)cc1. The first-order valence-electron chi connectivity index (χ1n) is 6.70. The van der Waals surface area contributed by atoms with Crippen LogP contribution >= 0.6 is 0 Å². The highest BCUT2D eigenvalue weighted by Crippen LogP contribution is 2.10. The third-order valence-corrected chi connectivity index (χ3v) is 3.14. The van der Waals surface area contributed by atoms with Crippen molar-refractivity contribution >= 4 is 11.6 Å². The minimum atomic E-state index is -0.409. The van der Waals surface area contributed by atoms with E-state index < -0.39 is 5.54 Å². The lowest BCUT2D eigenvalue weighted by Gasteiger charge is -2.29. The minimum Gasteiger partial charge on any atom is -0.396 e. The lowest BCUT2D eigenvalue weighted by Crippen LogP contribution is -2.49. The van der Waals surface area contributed by atoms with Gasteiger partial charge in [0.2, 0.25) is 5.91 Å². The van der Waals surface area contributed by atoms with E-state index in [9.17, 15) is 4.79 Å². The Kier molecular flexibility index (Phi) is 6.64. The number of carbonyl (C=O) groups excluding carboxylic acids is 1. The van der Waals surface area contributed by atoms with Crippen LogP contribution in [-0.4, -0.2) is 43.4 Å². The van der Waals surface area contributed by atoms with Crippen LogP contribution in [0.2, 0.25) is 0 Å². The molecule has 20 heavy (non-hydrogen) atoms. The molecule has 0 heterocycles. The third-order valence-electron chi connectivity index (χ3n) is 3.14. The van der Waals surface area contributed by atoms with Crippen LogP contribution in [-0.2, 0) is 9.53 Å². The number of anilines is 1. The summed E-state index contributed by atoms with van der Waals surface area (Å²) in [5.74, 6) is -0.117. The number of aliphatic hydroxyl groups is 1. The van der Waals surface area contributed by atoms with Gasteiger partial charge in [0, 0.05) is 24.9 Å². The second-order valence-corrected chi connectivity index (χ2v) is 5.24. The predicted octanol–water partition coefficient (Wildman–Crippen LogP) is 1.31. The van der Waals surface area contributed by atoms with Crippen molar-refractivity contribution in [3.05, 3.63) is 29.8 Å². The van der Waals surface area contributed by atoms with Crippen LogP contribution < -0.4 is 10.6 Å². The molecular formula is C15H24N2O3. The molecule has 0 radical (unpaired) electrons. The van der Waals surface area contributed by atoms with Crippen molar-refractivity contribution in [3.8, 4) is 0 Å². The number of nitrogens with one attached hydrogen (secondary N) is 2. The van der Waals surface area contributed by atoms with Gasteiger partial charge in [-0.15, -0.1) is 0 Å². The normalized spacial score (nSPS) is 13.8. The summed E-state index contributed by atoms with van der Waals surface area (Å²) in [4.78, 5) is 11.9. The Morgan fingerprint density at radius 1 is 1.35 bits per heavy atom. The standard InChI is InChI=1S/C15H24N2O3/c1-12-4-6-13(7-5-12)17-14(19)10-16-15(2,8-9-18)11-20-3/h4-7,16,18H,8-11H2,1-3H3,(H,17,19). The Balaban J connectivity index is 2.47. The zero-order valence-electron chi connectivity index (χ0n) is 12.4. The Bertz CT molecular complexity index is 412. The van der Waals surface area contributed by atoms with Gasteiger partial charge < -0.3 is 20.5 Å². The molecule has 3 N–H and O–H groups in total. The molecule has 1 rings (SSSR count). The zero-order valence-corrected chi connectivity index (χ0v) is 12.4. The summed E-state index contributed by atoms with van der Waals surface area (Å²) >= 11 is 0. The second kappa shape index (κ2) is 7.99. The summed E-state index contributed by atoms with van der Waals surface area (Å²) in [6.45, 7) is 4.58. The van der Waals surface area contributed by atoms with E-state index in [0.29, 0.717) is 13.0 Å². The number of aryl methyl sites for hydroxylation is 1. The fraction of sp³-hybridized carbons (Fsp3) is 0.533. The largest absolute Gasteiger partial charge is 0.396 e. The average Bonchev–Trinajstić information content (AvgIpc) is 2.40. The van der Waals surface area contributed by atoms with Gasteiger partial charge in [-0.05, 0) is 32.4 Å². The summed E-state index contributed by atoms with van der Waals surface area (Å²) < 4.78 is 5.12. The van der Waals surface area contributed by atoms with E-state index in [-0.39, 0.29) is 19.1 Å². The quantitative estimate of drug-likeness (QED) is 0.671. The molecule has 1 unspecified atom stereocenters. The number of hydrogen-bond donors (Lipinski definition) is 3. The predicted molar refractivity (Wildman–Crippen MR) is 79.8 cm³/mol. The van der Waals surface area contributed by atoms with Crippen molar-refractivity contribution in [1.82, 2.24) is 5.32 Å². The van der Waals surface area contributed by atoms with E-state index in [2.05, 4.69) is 10.6 Å². The molecule has 5 heteroatoms. The Labute approximate surface area is 120 Å². The molecule has 0 saturated heterocycles. The van der Waals surface area contributed by atoms with Gasteiger partial charge in [-0.25, -0.2) is 0 Å². The summed E-state index contributed by atoms with van der Waals surface area (Å²) in [5.41, 5.74) is 1.52. The first kappa shape index (κ1) is 16.6. The lowest BCUT2D eigenvalue weighted by molar-refractivity contribution is -0.115. The smallest absolute Gasteiger partial charge is 0.238 e. The van der Waals surface area contributed by atoms with Crippen molar-refractivity contribution in [3.63, 3.8) is 0 Å². The van der Waals surface area contributed by atoms with E-state index >= 15 is 0 Å². The van der Waals surface area contributed by atoms with E-state index in [4.69, 9.17) is 9.84 Å². The van der Waals surface area contributed by atoms with Gasteiger partial charge >= 0.3 is 0 Å². The fourth-order valence-electron chi connectivity index (χ4n) is 1.91. The van der Waals surface area contributed by atoms with E-state index in [1.54, 1.807) is 7.11 Å². The van der Waals surface area contributed by atoms with Crippen LogP contribution in [0.25, 0.3) is 0 Å². The highest BCUT2D eigenvalue weighted by Gasteiger charge is 2.23. The molecule has 1 aromatic carbocycles. The van der Waals surface area contributed by atoms with Crippen molar-refractivity contribution in [2.24, 2.45) is 0 Å². The highest BCUT2D eigenvalue weighted by molar-refractivity contribution is 5.92. The summed E-state index contributed by atoms with van der Waals surface area (Å²) in [6.07, 6.45) is 0.526. The van der Waals surface area contributed by atoms with Crippen LogP contribution in [0.1, 0.15) is 18.9 Å². The van der Waals surface area contributed by atoms with Gasteiger partial charge in [-0.3, -0.25) is 4.79 Å². The van der Waals surface area contributed by atoms with Crippen LogP contribution in [0.5, 0.6) is 0 Å². The molecule has 1 atom stereocenters. The first-order chi connectivity index (χ1) is 9.49. The van der Waals surface area contributed by atoms with Crippen LogP contribution in [0.15, 0.2) is 24.3 Å². The summed E-state index contributed by atoms with van der Waals surface area (Å²) in [6, 6.07) is 7.64. The second-order valence-electron chi connectivity index (χ2n) is 5.24. The molecule has 0 bridgehead atoms. The number of aliphatic hydroxyl groups excluding tert-OH is 1. The van der Waals surface area contributed by atoms with Crippen molar-refractivity contribution in [1.29, 1.82) is 0 Å². The van der Waals surface area contributed by atoms with Gasteiger partial charge in [-0.1, -0.05) is 17.7 Å². The number of amides is 1. The Morgan fingerprint density at radius 2 is 2.00 bits per heavy atom. The monoisotopic (exact) mass is 280 g/mol. The number of benzene rings is 1. The van der Waals surface area contributed by atoms with Crippen molar-refractivity contribution < 1.29 is 14.6 Å². The molecule has 112 valence electrons. The number of rotatable bonds is 8. The maximum Gasteiger partial charge on any atom is 0.238 e. The number of hydrogen-bond acceptors (Lipinski definition) is 4. The summed E-state index contributed by atoms with van der Waals surface area (Å²) in [5, 5.41) is 15.0. The first-order valence-corrected chi connectivity index (χ1v) is 6.70. The van der Waals surface area contributed by atoms with Gasteiger partial charge in [0.25, 0.3) is 0 Å². The van der Waals surface area contributed by atoms with Gasteiger partial charge in [0.05, 0.1) is 13.2 Å². The van der Waals surface area contributed by atoms with E-state index in [1.165, 1.54) is 0 Å². The van der Waals surface area contributed by atoms with Crippen molar-refractivity contribution in [2.75, 3.05) is 32.2 Å². The zero-order chi connectivity index (χ0) is 15.0.